The highest BCUT2D eigenvalue weighted by molar-refractivity contribution is 9.10. The van der Waals surface area contributed by atoms with Gasteiger partial charge in [0.25, 0.3) is 0 Å². The van der Waals surface area contributed by atoms with E-state index < -0.39 is 0 Å². The van der Waals surface area contributed by atoms with E-state index in [0.29, 0.717) is 6.54 Å². The monoisotopic (exact) mass is 252 g/mol. The highest BCUT2D eigenvalue weighted by Gasteiger charge is 2.00. The third-order valence-corrected chi connectivity index (χ3v) is 2.31. The number of nitrogens with two attached hydrogens (primary N) is 1. The third-order valence-electron chi connectivity index (χ3n) is 1.81. The van der Waals surface area contributed by atoms with Crippen LogP contribution in [0.25, 0.3) is 5.82 Å². The Balaban J connectivity index is 2.39. The van der Waals surface area contributed by atoms with Gasteiger partial charge in [-0.1, -0.05) is 15.9 Å². The maximum atomic E-state index is 5.49. The van der Waals surface area contributed by atoms with Gasteiger partial charge in [-0.25, -0.2) is 9.67 Å². The second-order valence-electron chi connectivity index (χ2n) is 2.83. The first kappa shape index (κ1) is 9.36. The summed E-state index contributed by atoms with van der Waals surface area (Å²) in [5.74, 6) is 0.777. The first-order valence-corrected chi connectivity index (χ1v) is 4.94. The minimum Gasteiger partial charge on any atom is -0.326 e. The molecule has 0 saturated heterocycles. The van der Waals surface area contributed by atoms with Crippen molar-refractivity contribution in [2.24, 2.45) is 5.73 Å². The third kappa shape index (κ3) is 1.83. The van der Waals surface area contributed by atoms with Crippen molar-refractivity contribution in [2.75, 3.05) is 0 Å². The van der Waals surface area contributed by atoms with Gasteiger partial charge in [-0.05, 0) is 12.1 Å². The number of aromatic nitrogens is 3. The Hall–Kier alpha value is -1.20. The van der Waals surface area contributed by atoms with E-state index >= 15 is 0 Å². The molecule has 0 bridgehead atoms. The molecule has 0 aliphatic heterocycles. The molecule has 0 amide bonds. The van der Waals surface area contributed by atoms with Crippen LogP contribution < -0.4 is 5.73 Å². The normalized spacial score (nSPS) is 10.4. The number of nitrogens with zero attached hydrogens (tertiary/aromatic N) is 3. The highest BCUT2D eigenvalue weighted by atomic mass is 79.9. The number of rotatable bonds is 2. The Morgan fingerprint density at radius 1 is 1.50 bits per heavy atom. The van der Waals surface area contributed by atoms with Crippen molar-refractivity contribution in [2.45, 2.75) is 6.54 Å². The molecule has 0 spiro atoms. The van der Waals surface area contributed by atoms with Crippen molar-refractivity contribution in [3.63, 3.8) is 0 Å². The first-order valence-electron chi connectivity index (χ1n) is 4.15. The second-order valence-corrected chi connectivity index (χ2v) is 3.75. The van der Waals surface area contributed by atoms with Gasteiger partial charge in [0.2, 0.25) is 0 Å². The maximum Gasteiger partial charge on any atom is 0.154 e. The largest absolute Gasteiger partial charge is 0.326 e. The molecule has 5 heteroatoms. The average molecular weight is 253 g/mol. The summed E-state index contributed by atoms with van der Waals surface area (Å²) >= 11 is 3.38. The molecule has 0 aliphatic rings. The van der Waals surface area contributed by atoms with Crippen LogP contribution in [0.3, 0.4) is 0 Å². The predicted molar refractivity (Wildman–Crippen MR) is 57.0 cm³/mol. The van der Waals surface area contributed by atoms with Gasteiger partial charge in [0.1, 0.15) is 0 Å². The summed E-state index contributed by atoms with van der Waals surface area (Å²) in [7, 11) is 0. The second kappa shape index (κ2) is 3.89. The van der Waals surface area contributed by atoms with Gasteiger partial charge in [0, 0.05) is 29.0 Å². The van der Waals surface area contributed by atoms with Crippen LogP contribution in [-0.4, -0.2) is 14.8 Å². The Bertz CT molecular complexity index is 438. The quantitative estimate of drug-likeness (QED) is 0.882. The van der Waals surface area contributed by atoms with E-state index in [-0.39, 0.29) is 0 Å². The lowest BCUT2D eigenvalue weighted by Gasteiger charge is -1.99. The molecule has 0 atom stereocenters. The smallest absolute Gasteiger partial charge is 0.154 e. The molecule has 0 fully saturated rings. The van der Waals surface area contributed by atoms with Crippen LogP contribution in [0.1, 0.15) is 5.56 Å². The fourth-order valence-corrected chi connectivity index (χ4v) is 1.43. The molecule has 0 aromatic carbocycles. The van der Waals surface area contributed by atoms with Crippen molar-refractivity contribution in [1.29, 1.82) is 0 Å². The van der Waals surface area contributed by atoms with Gasteiger partial charge in [-0.2, -0.15) is 5.10 Å². The molecular weight excluding hydrogens is 244 g/mol. The topological polar surface area (TPSA) is 56.7 Å². The number of hydrogen-bond acceptors (Lipinski definition) is 3. The van der Waals surface area contributed by atoms with E-state index in [4.69, 9.17) is 5.73 Å². The van der Waals surface area contributed by atoms with Gasteiger partial charge in [0.05, 0.1) is 6.20 Å². The maximum absolute atomic E-state index is 5.49. The fraction of sp³-hybridized carbons (Fsp3) is 0.111. The van der Waals surface area contributed by atoms with Crippen molar-refractivity contribution in [3.05, 3.63) is 40.8 Å². The standard InChI is InChI=1S/C9H9BrN4/c10-8-1-2-12-9(3-8)14-6-7(4-11)5-13-14/h1-3,5-6H,4,11H2. The molecule has 0 radical (unpaired) electrons. The molecule has 0 unspecified atom stereocenters. The van der Waals surface area contributed by atoms with Crippen LogP contribution in [0.4, 0.5) is 0 Å². The van der Waals surface area contributed by atoms with Crippen molar-refractivity contribution in [1.82, 2.24) is 14.8 Å². The van der Waals surface area contributed by atoms with Crippen molar-refractivity contribution in [3.8, 4) is 5.82 Å². The Morgan fingerprint density at radius 2 is 2.36 bits per heavy atom. The van der Waals surface area contributed by atoms with E-state index in [9.17, 15) is 0 Å². The number of pyridine rings is 1. The lowest BCUT2D eigenvalue weighted by Crippen LogP contribution is -1.97. The molecule has 2 N–H and O–H groups in total. The van der Waals surface area contributed by atoms with Crippen LogP contribution in [-0.2, 0) is 6.54 Å². The molecule has 14 heavy (non-hydrogen) atoms. The number of hydrogen-bond donors (Lipinski definition) is 1. The minimum atomic E-state index is 0.494. The van der Waals surface area contributed by atoms with Crippen LogP contribution in [0, 0.1) is 0 Å². The molecule has 72 valence electrons. The van der Waals surface area contributed by atoms with E-state index in [1.54, 1.807) is 17.1 Å². The van der Waals surface area contributed by atoms with E-state index in [1.807, 2.05) is 18.3 Å². The summed E-state index contributed by atoms with van der Waals surface area (Å²) in [5, 5.41) is 4.15. The summed E-state index contributed by atoms with van der Waals surface area (Å²) in [6, 6.07) is 3.77. The Kier molecular flexibility index (Phi) is 2.60. The van der Waals surface area contributed by atoms with Gasteiger partial charge in [-0.3, -0.25) is 0 Å². The molecule has 2 heterocycles. The summed E-state index contributed by atoms with van der Waals surface area (Å²) in [6.45, 7) is 0.494. The summed E-state index contributed by atoms with van der Waals surface area (Å²) in [6.07, 6.45) is 5.33. The lowest BCUT2D eigenvalue weighted by molar-refractivity contribution is 0.845. The van der Waals surface area contributed by atoms with E-state index in [2.05, 4.69) is 26.0 Å². The van der Waals surface area contributed by atoms with E-state index in [1.165, 1.54) is 0 Å². The number of halogens is 1. The lowest BCUT2D eigenvalue weighted by atomic mass is 10.4. The zero-order valence-corrected chi connectivity index (χ0v) is 8.98. The molecule has 0 aliphatic carbocycles. The summed E-state index contributed by atoms with van der Waals surface area (Å²) in [5.41, 5.74) is 6.48. The molecule has 4 nitrogen and oxygen atoms in total. The molecule has 2 aromatic heterocycles. The zero-order chi connectivity index (χ0) is 9.97. The Labute approximate surface area is 89.9 Å². The van der Waals surface area contributed by atoms with Gasteiger partial charge in [-0.15, -0.1) is 0 Å². The minimum absolute atomic E-state index is 0.494. The fourth-order valence-electron chi connectivity index (χ4n) is 1.11. The molecule has 0 saturated carbocycles. The van der Waals surface area contributed by atoms with Crippen LogP contribution in [0.2, 0.25) is 0 Å². The van der Waals surface area contributed by atoms with Crippen LogP contribution >= 0.6 is 15.9 Å². The van der Waals surface area contributed by atoms with Gasteiger partial charge < -0.3 is 5.73 Å². The predicted octanol–water partition coefficient (Wildman–Crippen LogP) is 1.49. The molecule has 2 rings (SSSR count). The van der Waals surface area contributed by atoms with E-state index in [0.717, 1.165) is 15.9 Å². The molecule has 2 aromatic rings. The van der Waals surface area contributed by atoms with Crippen molar-refractivity contribution < 1.29 is 0 Å². The van der Waals surface area contributed by atoms with Crippen LogP contribution in [0.5, 0.6) is 0 Å². The Morgan fingerprint density at radius 3 is 3.00 bits per heavy atom. The van der Waals surface area contributed by atoms with Gasteiger partial charge in [0.15, 0.2) is 5.82 Å². The summed E-state index contributed by atoms with van der Waals surface area (Å²) in [4.78, 5) is 4.19. The molecular formula is C9H9BrN4. The SMILES string of the molecule is NCc1cnn(-c2cc(Br)ccn2)c1. The first-order chi connectivity index (χ1) is 6.79. The summed E-state index contributed by atoms with van der Waals surface area (Å²) < 4.78 is 2.68. The van der Waals surface area contributed by atoms with Gasteiger partial charge >= 0.3 is 0 Å². The van der Waals surface area contributed by atoms with Crippen LogP contribution in [0.15, 0.2) is 35.2 Å². The highest BCUT2D eigenvalue weighted by Crippen LogP contribution is 2.12. The zero-order valence-electron chi connectivity index (χ0n) is 7.39. The average Bonchev–Trinajstić information content (AvgIpc) is 2.66. The van der Waals surface area contributed by atoms with Crippen molar-refractivity contribution >= 4 is 15.9 Å².